The number of rotatable bonds is 2. The van der Waals surface area contributed by atoms with Crippen LogP contribution in [0.2, 0.25) is 0 Å². The van der Waals surface area contributed by atoms with Crippen molar-refractivity contribution >= 4 is 21.6 Å². The molecule has 0 radical (unpaired) electrons. The summed E-state index contributed by atoms with van der Waals surface area (Å²) < 4.78 is 38.7. The van der Waals surface area contributed by atoms with Crippen LogP contribution in [0.4, 0.5) is 18.9 Å². The summed E-state index contributed by atoms with van der Waals surface area (Å²) in [5.74, 6) is 0. The Labute approximate surface area is 100 Å². The van der Waals surface area contributed by atoms with Crippen molar-refractivity contribution in [2.45, 2.75) is 31.5 Å². The zero-order valence-corrected chi connectivity index (χ0v) is 10.0. The van der Waals surface area contributed by atoms with Gasteiger partial charge in [-0.2, -0.15) is 13.2 Å². The minimum absolute atomic E-state index is 0.181. The fourth-order valence-electron chi connectivity index (χ4n) is 1.65. The highest BCUT2D eigenvalue weighted by Crippen LogP contribution is 2.37. The van der Waals surface area contributed by atoms with Gasteiger partial charge in [0.15, 0.2) is 0 Å². The largest absolute Gasteiger partial charge is 0.418 e. The third-order valence-corrected chi connectivity index (χ3v) is 3.25. The summed E-state index contributed by atoms with van der Waals surface area (Å²) >= 11 is 3.06. The molecular weight excluding hydrogens is 283 g/mol. The lowest BCUT2D eigenvalue weighted by molar-refractivity contribution is -0.137. The van der Waals surface area contributed by atoms with Crippen molar-refractivity contribution in [2.24, 2.45) is 0 Å². The molecule has 16 heavy (non-hydrogen) atoms. The molecule has 1 nitrogen and oxygen atoms in total. The van der Waals surface area contributed by atoms with Crippen LogP contribution >= 0.6 is 15.9 Å². The first-order valence-electron chi connectivity index (χ1n) is 5.10. The van der Waals surface area contributed by atoms with E-state index in [1.165, 1.54) is 6.07 Å². The third kappa shape index (κ3) is 2.51. The van der Waals surface area contributed by atoms with Crippen LogP contribution in [0.5, 0.6) is 0 Å². The number of alkyl halides is 3. The van der Waals surface area contributed by atoms with Crippen LogP contribution in [0.1, 0.15) is 24.8 Å². The van der Waals surface area contributed by atoms with Crippen LogP contribution in [-0.4, -0.2) is 6.04 Å². The Bertz CT molecular complexity index is 385. The Morgan fingerprint density at radius 1 is 1.25 bits per heavy atom. The maximum atomic E-state index is 12.7. The lowest BCUT2D eigenvalue weighted by Crippen LogP contribution is -2.28. The van der Waals surface area contributed by atoms with Gasteiger partial charge < -0.3 is 5.32 Å². The maximum absolute atomic E-state index is 12.7. The van der Waals surface area contributed by atoms with Gasteiger partial charge in [0.2, 0.25) is 0 Å². The van der Waals surface area contributed by atoms with Gasteiger partial charge in [0, 0.05) is 16.2 Å². The summed E-state index contributed by atoms with van der Waals surface area (Å²) in [6, 6.07) is 4.41. The van der Waals surface area contributed by atoms with E-state index in [9.17, 15) is 13.2 Å². The quantitative estimate of drug-likeness (QED) is 0.850. The van der Waals surface area contributed by atoms with Crippen molar-refractivity contribution in [1.29, 1.82) is 0 Å². The van der Waals surface area contributed by atoms with Crippen molar-refractivity contribution < 1.29 is 13.2 Å². The minimum atomic E-state index is -4.31. The Morgan fingerprint density at radius 3 is 2.44 bits per heavy atom. The van der Waals surface area contributed by atoms with Crippen LogP contribution in [-0.2, 0) is 6.18 Å². The summed E-state index contributed by atoms with van der Waals surface area (Å²) in [4.78, 5) is 0. The van der Waals surface area contributed by atoms with E-state index in [1.807, 2.05) is 0 Å². The first kappa shape index (κ1) is 11.8. The molecule has 1 aromatic carbocycles. The van der Waals surface area contributed by atoms with E-state index in [0.717, 1.165) is 25.3 Å². The second kappa shape index (κ2) is 4.28. The molecule has 0 unspecified atom stereocenters. The Morgan fingerprint density at radius 2 is 1.94 bits per heavy atom. The van der Waals surface area contributed by atoms with Crippen LogP contribution in [0.25, 0.3) is 0 Å². The molecule has 5 heteroatoms. The lowest BCUT2D eigenvalue weighted by atomic mass is 9.92. The van der Waals surface area contributed by atoms with Crippen molar-refractivity contribution in [3.8, 4) is 0 Å². The monoisotopic (exact) mass is 293 g/mol. The van der Waals surface area contributed by atoms with Gasteiger partial charge in [0.1, 0.15) is 0 Å². The molecule has 0 aliphatic heterocycles. The number of benzene rings is 1. The molecule has 0 atom stereocenters. The first-order chi connectivity index (χ1) is 7.47. The Hall–Kier alpha value is -0.710. The van der Waals surface area contributed by atoms with E-state index in [2.05, 4.69) is 21.2 Å². The Kier molecular flexibility index (Phi) is 3.15. The number of halogens is 4. The van der Waals surface area contributed by atoms with E-state index in [-0.39, 0.29) is 11.7 Å². The summed E-state index contributed by atoms with van der Waals surface area (Å²) in [5, 5.41) is 2.94. The molecular formula is C11H11BrF3N. The number of anilines is 1. The van der Waals surface area contributed by atoms with Crippen molar-refractivity contribution in [3.05, 3.63) is 28.2 Å². The molecule has 2 rings (SSSR count). The third-order valence-electron chi connectivity index (χ3n) is 2.75. The normalized spacial score (nSPS) is 17.0. The topological polar surface area (TPSA) is 12.0 Å². The van der Waals surface area contributed by atoms with Crippen molar-refractivity contribution in [2.75, 3.05) is 5.32 Å². The van der Waals surface area contributed by atoms with Gasteiger partial charge in [-0.25, -0.2) is 0 Å². The van der Waals surface area contributed by atoms with Gasteiger partial charge in [0.05, 0.1) is 5.56 Å². The average Bonchev–Trinajstić information content (AvgIpc) is 2.11. The minimum Gasteiger partial charge on any atom is -0.382 e. The smallest absolute Gasteiger partial charge is 0.382 e. The summed E-state index contributed by atoms with van der Waals surface area (Å²) in [7, 11) is 0. The highest BCUT2D eigenvalue weighted by atomic mass is 79.9. The molecule has 0 spiro atoms. The molecule has 1 fully saturated rings. The molecule has 1 aliphatic carbocycles. The van der Waals surface area contributed by atoms with Crippen LogP contribution in [0, 0.1) is 0 Å². The van der Waals surface area contributed by atoms with Gasteiger partial charge in [-0.15, -0.1) is 0 Å². The number of hydrogen-bond donors (Lipinski definition) is 1. The molecule has 88 valence electrons. The van der Waals surface area contributed by atoms with Crippen LogP contribution < -0.4 is 5.32 Å². The molecule has 0 bridgehead atoms. The van der Waals surface area contributed by atoms with Crippen LogP contribution in [0.15, 0.2) is 22.7 Å². The molecule has 1 aromatic rings. The predicted molar refractivity (Wildman–Crippen MR) is 60.4 cm³/mol. The molecule has 0 amide bonds. The van der Waals surface area contributed by atoms with Gasteiger partial charge >= 0.3 is 6.18 Å². The summed E-state index contributed by atoms with van der Waals surface area (Å²) in [6.45, 7) is 0. The standard InChI is InChI=1S/C11H11BrF3N/c12-7-4-5-10(16-8-2-1-3-8)9(6-7)11(13,14)15/h4-6,8,16H,1-3H2. The summed E-state index contributed by atoms with van der Waals surface area (Å²) in [5.41, 5.74) is -0.422. The molecule has 1 aliphatic rings. The second-order valence-corrected chi connectivity index (χ2v) is 4.88. The zero-order chi connectivity index (χ0) is 11.8. The number of nitrogens with one attached hydrogen (secondary N) is 1. The van der Waals surface area contributed by atoms with Gasteiger partial charge in [-0.05, 0) is 37.5 Å². The lowest BCUT2D eigenvalue weighted by Gasteiger charge is -2.29. The molecule has 1 saturated carbocycles. The fraction of sp³-hybridized carbons (Fsp3) is 0.455. The Balaban J connectivity index is 2.28. The van der Waals surface area contributed by atoms with E-state index in [4.69, 9.17) is 0 Å². The van der Waals surface area contributed by atoms with E-state index in [1.54, 1.807) is 6.07 Å². The second-order valence-electron chi connectivity index (χ2n) is 3.96. The highest BCUT2D eigenvalue weighted by Gasteiger charge is 2.34. The SMILES string of the molecule is FC(F)(F)c1cc(Br)ccc1NC1CCC1. The van der Waals surface area contributed by atoms with E-state index >= 15 is 0 Å². The van der Waals surface area contributed by atoms with Gasteiger partial charge in [0.25, 0.3) is 0 Å². The maximum Gasteiger partial charge on any atom is 0.418 e. The molecule has 0 heterocycles. The van der Waals surface area contributed by atoms with Gasteiger partial charge in [-0.1, -0.05) is 15.9 Å². The van der Waals surface area contributed by atoms with Crippen molar-refractivity contribution in [1.82, 2.24) is 0 Å². The van der Waals surface area contributed by atoms with Crippen LogP contribution in [0.3, 0.4) is 0 Å². The molecule has 0 saturated heterocycles. The fourth-order valence-corrected chi connectivity index (χ4v) is 2.01. The highest BCUT2D eigenvalue weighted by molar-refractivity contribution is 9.10. The average molecular weight is 294 g/mol. The molecule has 0 aromatic heterocycles. The van der Waals surface area contributed by atoms with E-state index < -0.39 is 11.7 Å². The van der Waals surface area contributed by atoms with E-state index in [0.29, 0.717) is 4.47 Å². The predicted octanol–water partition coefficient (Wildman–Crippen LogP) is 4.43. The molecule has 1 N–H and O–H groups in total. The zero-order valence-electron chi connectivity index (χ0n) is 8.44. The first-order valence-corrected chi connectivity index (χ1v) is 5.89. The van der Waals surface area contributed by atoms with Gasteiger partial charge in [-0.3, -0.25) is 0 Å². The summed E-state index contributed by atoms with van der Waals surface area (Å²) in [6.07, 6.45) is -1.31. The number of hydrogen-bond acceptors (Lipinski definition) is 1. The van der Waals surface area contributed by atoms with Crippen molar-refractivity contribution in [3.63, 3.8) is 0 Å².